The van der Waals surface area contributed by atoms with Crippen molar-refractivity contribution in [1.29, 1.82) is 0 Å². The Morgan fingerprint density at radius 3 is 2.39 bits per heavy atom. The highest BCUT2D eigenvalue weighted by Gasteiger charge is 2.05. The van der Waals surface area contributed by atoms with Crippen LogP contribution in [0.25, 0.3) is 11.1 Å². The molecule has 0 atom stereocenters. The maximum absolute atomic E-state index is 13.2. The highest BCUT2D eigenvalue weighted by Crippen LogP contribution is 2.20. The summed E-state index contributed by atoms with van der Waals surface area (Å²) in [6.07, 6.45) is 4.04. The molecular weight excluding hydrogens is 383 g/mol. The van der Waals surface area contributed by atoms with Gasteiger partial charge in [-0.05, 0) is 41.8 Å². The van der Waals surface area contributed by atoms with Gasteiger partial charge in [0, 0.05) is 28.9 Å². The summed E-state index contributed by atoms with van der Waals surface area (Å²) in [5, 5.41) is 3.41. The van der Waals surface area contributed by atoms with E-state index in [1.807, 2.05) is 24.3 Å². The lowest BCUT2D eigenvalue weighted by atomic mass is 10.0. The standard InChI is InChI=1S/C20H16ClFN2O.CO2/c21-17-2-1-3-19(11-17)24-20(25)9-6-14-4-7-15(8-5-14)16-10-18(22)13-23-12-16;2-1-3/h1-5,7-8,10-13H,6,9H2,(H,24,25);. The number of amides is 1. The number of aromatic nitrogens is 1. The SMILES string of the molecule is O=C(CCc1ccc(-c2cncc(F)c2)cc1)Nc1cccc(Cl)c1.O=C=O. The first-order valence-electron chi connectivity index (χ1n) is 8.26. The number of carbonyl (C=O) groups is 1. The van der Waals surface area contributed by atoms with Gasteiger partial charge < -0.3 is 5.32 Å². The number of hydrogen-bond acceptors (Lipinski definition) is 4. The Morgan fingerprint density at radius 1 is 1.04 bits per heavy atom. The molecule has 0 saturated heterocycles. The molecule has 7 heteroatoms. The molecule has 0 aliphatic heterocycles. The predicted molar refractivity (Wildman–Crippen MR) is 103 cm³/mol. The number of nitrogens with one attached hydrogen (secondary N) is 1. The Bertz CT molecular complexity index is 971. The van der Waals surface area contributed by atoms with Gasteiger partial charge in [0.15, 0.2) is 0 Å². The van der Waals surface area contributed by atoms with Crippen molar-refractivity contribution in [3.63, 3.8) is 0 Å². The summed E-state index contributed by atoms with van der Waals surface area (Å²) in [7, 11) is 0. The molecule has 0 aliphatic carbocycles. The van der Waals surface area contributed by atoms with Crippen LogP contribution in [0.15, 0.2) is 67.0 Å². The van der Waals surface area contributed by atoms with E-state index in [1.54, 1.807) is 30.5 Å². The molecule has 0 bridgehead atoms. The van der Waals surface area contributed by atoms with E-state index in [1.165, 1.54) is 12.3 Å². The molecule has 2 aromatic carbocycles. The first-order valence-corrected chi connectivity index (χ1v) is 8.64. The van der Waals surface area contributed by atoms with E-state index in [0.717, 1.165) is 16.7 Å². The second-order valence-electron chi connectivity index (χ2n) is 5.73. The van der Waals surface area contributed by atoms with Gasteiger partial charge in [-0.25, -0.2) is 4.39 Å². The van der Waals surface area contributed by atoms with E-state index >= 15 is 0 Å². The zero-order valence-electron chi connectivity index (χ0n) is 14.7. The van der Waals surface area contributed by atoms with E-state index in [0.29, 0.717) is 23.6 Å². The van der Waals surface area contributed by atoms with E-state index < -0.39 is 0 Å². The van der Waals surface area contributed by atoms with Crippen LogP contribution in [0.5, 0.6) is 0 Å². The molecule has 28 heavy (non-hydrogen) atoms. The van der Waals surface area contributed by atoms with Crippen LogP contribution in [0.1, 0.15) is 12.0 Å². The summed E-state index contributed by atoms with van der Waals surface area (Å²) in [5.74, 6) is -0.431. The summed E-state index contributed by atoms with van der Waals surface area (Å²) >= 11 is 5.90. The average molecular weight is 399 g/mol. The maximum atomic E-state index is 13.2. The Balaban J connectivity index is 0.000000878. The van der Waals surface area contributed by atoms with Gasteiger partial charge in [0.25, 0.3) is 0 Å². The molecule has 3 rings (SSSR count). The van der Waals surface area contributed by atoms with Crippen LogP contribution in [0, 0.1) is 5.82 Å². The van der Waals surface area contributed by atoms with E-state index in [9.17, 15) is 9.18 Å². The number of nitrogens with zero attached hydrogens (tertiary/aromatic N) is 1. The van der Waals surface area contributed by atoms with Gasteiger partial charge in [-0.1, -0.05) is 41.9 Å². The Kier molecular flexibility index (Phi) is 8.03. The second-order valence-corrected chi connectivity index (χ2v) is 6.17. The minimum absolute atomic E-state index is 0.0688. The van der Waals surface area contributed by atoms with Crippen molar-refractivity contribution in [2.45, 2.75) is 12.8 Å². The van der Waals surface area contributed by atoms with Crippen LogP contribution in [0.4, 0.5) is 10.1 Å². The van der Waals surface area contributed by atoms with Crippen molar-refractivity contribution in [3.05, 3.63) is 83.4 Å². The fourth-order valence-corrected chi connectivity index (χ4v) is 2.67. The molecular formula is C21H16ClFN2O3. The number of benzene rings is 2. The van der Waals surface area contributed by atoms with Gasteiger partial charge in [0.2, 0.25) is 5.91 Å². The van der Waals surface area contributed by atoms with Crippen LogP contribution >= 0.6 is 11.6 Å². The quantitative estimate of drug-likeness (QED) is 0.685. The van der Waals surface area contributed by atoms with E-state index in [2.05, 4.69) is 10.3 Å². The first-order chi connectivity index (χ1) is 13.5. The Morgan fingerprint density at radius 2 is 1.75 bits per heavy atom. The Hall–Kier alpha value is -3.34. The van der Waals surface area contributed by atoms with E-state index in [4.69, 9.17) is 21.2 Å². The zero-order valence-corrected chi connectivity index (χ0v) is 15.4. The number of rotatable bonds is 5. The summed E-state index contributed by atoms with van der Waals surface area (Å²) in [6.45, 7) is 0. The van der Waals surface area contributed by atoms with Crippen LogP contribution in [-0.4, -0.2) is 17.0 Å². The second kappa shape index (κ2) is 10.7. The molecule has 142 valence electrons. The normalized spacial score (nSPS) is 9.64. The van der Waals surface area contributed by atoms with Crippen LogP contribution in [0.3, 0.4) is 0 Å². The molecule has 3 aromatic rings. The largest absolute Gasteiger partial charge is 0.373 e. The average Bonchev–Trinajstić information content (AvgIpc) is 2.67. The lowest BCUT2D eigenvalue weighted by molar-refractivity contribution is -0.191. The molecule has 0 spiro atoms. The molecule has 1 heterocycles. The van der Waals surface area contributed by atoms with Crippen molar-refractivity contribution in [3.8, 4) is 11.1 Å². The molecule has 0 aliphatic rings. The van der Waals surface area contributed by atoms with Crippen molar-refractivity contribution in [1.82, 2.24) is 4.98 Å². The Labute approximate surface area is 166 Å². The number of pyridine rings is 1. The van der Waals surface area contributed by atoms with Crippen molar-refractivity contribution < 1.29 is 18.8 Å². The molecule has 5 nitrogen and oxygen atoms in total. The molecule has 1 aromatic heterocycles. The number of hydrogen-bond donors (Lipinski definition) is 1. The molecule has 0 fully saturated rings. The van der Waals surface area contributed by atoms with Gasteiger partial charge in [-0.15, -0.1) is 0 Å². The third-order valence-corrected chi connectivity index (χ3v) is 3.98. The van der Waals surface area contributed by atoms with Crippen LogP contribution in [-0.2, 0) is 20.8 Å². The summed E-state index contributed by atoms with van der Waals surface area (Å²) in [5.41, 5.74) is 3.34. The van der Waals surface area contributed by atoms with Gasteiger partial charge >= 0.3 is 6.15 Å². The maximum Gasteiger partial charge on any atom is 0.373 e. The minimum Gasteiger partial charge on any atom is -0.326 e. The van der Waals surface area contributed by atoms with Gasteiger partial charge in [0.1, 0.15) is 5.82 Å². The molecule has 1 amide bonds. The zero-order chi connectivity index (χ0) is 20.4. The fourth-order valence-electron chi connectivity index (χ4n) is 2.48. The summed E-state index contributed by atoms with van der Waals surface area (Å²) in [4.78, 5) is 32.1. The molecule has 1 N–H and O–H groups in total. The van der Waals surface area contributed by atoms with E-state index in [-0.39, 0.29) is 17.9 Å². The first kappa shape index (κ1) is 21.0. The number of anilines is 1. The van der Waals surface area contributed by atoms with Gasteiger partial charge in [-0.3, -0.25) is 9.78 Å². The topological polar surface area (TPSA) is 76.1 Å². The third kappa shape index (κ3) is 6.76. The number of aryl methyl sites for hydroxylation is 1. The molecule has 0 unspecified atom stereocenters. The fraction of sp³-hybridized carbons (Fsp3) is 0.0952. The van der Waals surface area contributed by atoms with Gasteiger partial charge in [0.05, 0.1) is 6.20 Å². The monoisotopic (exact) mass is 398 g/mol. The third-order valence-electron chi connectivity index (χ3n) is 3.74. The van der Waals surface area contributed by atoms with Crippen molar-refractivity contribution in [2.75, 3.05) is 5.32 Å². The summed E-state index contributed by atoms with van der Waals surface area (Å²) < 4.78 is 13.2. The smallest absolute Gasteiger partial charge is 0.326 e. The highest BCUT2D eigenvalue weighted by molar-refractivity contribution is 6.30. The number of halogens is 2. The summed E-state index contributed by atoms with van der Waals surface area (Å²) in [6, 6.07) is 16.2. The van der Waals surface area contributed by atoms with Crippen LogP contribution < -0.4 is 5.32 Å². The van der Waals surface area contributed by atoms with Crippen LogP contribution in [0.2, 0.25) is 5.02 Å². The number of carbonyl (C=O) groups excluding carboxylic acids is 3. The highest BCUT2D eigenvalue weighted by atomic mass is 35.5. The van der Waals surface area contributed by atoms with Crippen molar-refractivity contribution in [2.24, 2.45) is 0 Å². The minimum atomic E-state index is -0.362. The molecule has 0 radical (unpaired) electrons. The predicted octanol–water partition coefficient (Wildman–Crippen LogP) is 4.53. The van der Waals surface area contributed by atoms with Gasteiger partial charge in [-0.2, -0.15) is 9.59 Å². The van der Waals surface area contributed by atoms with Crippen molar-refractivity contribution >= 4 is 29.3 Å². The lowest BCUT2D eigenvalue weighted by Crippen LogP contribution is -2.12. The lowest BCUT2D eigenvalue weighted by Gasteiger charge is -2.07. The molecule has 0 saturated carbocycles.